The van der Waals surface area contributed by atoms with Crippen LogP contribution in [0.15, 0.2) is 0 Å². The second-order valence-electron chi connectivity index (χ2n) is 3.26. The molecule has 0 spiro atoms. The fourth-order valence-corrected chi connectivity index (χ4v) is 1.81. The monoisotopic (exact) mass is 253 g/mol. The van der Waals surface area contributed by atoms with Gasteiger partial charge in [-0.2, -0.15) is 0 Å². The second kappa shape index (κ2) is 3.90. The first kappa shape index (κ1) is 8.78. The van der Waals surface area contributed by atoms with Gasteiger partial charge in [0.25, 0.3) is 0 Å². The van der Waals surface area contributed by atoms with E-state index in [4.69, 9.17) is 0 Å². The first-order valence-electron chi connectivity index (χ1n) is 4.05. The molecule has 0 aromatic rings. The van der Waals surface area contributed by atoms with Crippen molar-refractivity contribution in [1.82, 2.24) is 4.90 Å². The quantitative estimate of drug-likeness (QED) is 0.550. The molecule has 2 unspecified atom stereocenters. The fraction of sp³-hybridized carbons (Fsp3) is 1.00. The number of alkyl halides is 1. The van der Waals surface area contributed by atoms with Gasteiger partial charge in [0.05, 0.1) is 0 Å². The molecule has 0 aliphatic carbocycles. The summed E-state index contributed by atoms with van der Waals surface area (Å²) in [6, 6.07) is 0.850. The maximum Gasteiger partial charge on any atom is 0.0105 e. The number of halogens is 1. The van der Waals surface area contributed by atoms with E-state index in [0.717, 1.165) is 12.0 Å². The molecule has 1 fully saturated rings. The summed E-state index contributed by atoms with van der Waals surface area (Å²) in [5.41, 5.74) is 0. The summed E-state index contributed by atoms with van der Waals surface area (Å²) in [5, 5.41) is 0. The van der Waals surface area contributed by atoms with Crippen LogP contribution < -0.4 is 0 Å². The van der Waals surface area contributed by atoms with Crippen LogP contribution in [0.1, 0.15) is 20.3 Å². The van der Waals surface area contributed by atoms with Crippen LogP contribution in [0.25, 0.3) is 0 Å². The number of hydrogen-bond donors (Lipinski definition) is 0. The third-order valence-corrected chi connectivity index (χ3v) is 3.26. The smallest absolute Gasteiger partial charge is 0.0105 e. The molecule has 1 heterocycles. The standard InChI is InChI=1S/C8H16IN/c1-7-6-10(8(7)2)5-3-4-9/h7-8H,3-6H2,1-2H3. The first-order chi connectivity index (χ1) is 4.75. The predicted molar refractivity (Wildman–Crippen MR) is 53.7 cm³/mol. The molecule has 1 saturated heterocycles. The SMILES string of the molecule is CC1CN(CCCI)C1C. The van der Waals surface area contributed by atoms with Gasteiger partial charge in [-0.15, -0.1) is 0 Å². The molecule has 10 heavy (non-hydrogen) atoms. The number of likely N-dealkylation sites (tertiary alicyclic amines) is 1. The average molecular weight is 253 g/mol. The van der Waals surface area contributed by atoms with Crippen LogP contribution in [0.4, 0.5) is 0 Å². The van der Waals surface area contributed by atoms with E-state index in [-0.39, 0.29) is 0 Å². The van der Waals surface area contributed by atoms with Crippen molar-refractivity contribution in [3.8, 4) is 0 Å². The van der Waals surface area contributed by atoms with Gasteiger partial charge in [-0.25, -0.2) is 0 Å². The minimum Gasteiger partial charge on any atom is -0.300 e. The highest BCUT2D eigenvalue weighted by Crippen LogP contribution is 2.23. The molecule has 2 heteroatoms. The lowest BCUT2D eigenvalue weighted by atomic mass is 9.92. The molecule has 0 amide bonds. The highest BCUT2D eigenvalue weighted by Gasteiger charge is 2.30. The zero-order chi connectivity index (χ0) is 7.56. The Kier molecular flexibility index (Phi) is 3.43. The van der Waals surface area contributed by atoms with Crippen molar-refractivity contribution in [1.29, 1.82) is 0 Å². The number of rotatable bonds is 3. The van der Waals surface area contributed by atoms with Crippen molar-refractivity contribution in [3.05, 3.63) is 0 Å². The van der Waals surface area contributed by atoms with E-state index in [9.17, 15) is 0 Å². The van der Waals surface area contributed by atoms with Gasteiger partial charge in [-0.1, -0.05) is 29.5 Å². The maximum atomic E-state index is 2.57. The molecule has 0 saturated carbocycles. The van der Waals surface area contributed by atoms with Gasteiger partial charge < -0.3 is 0 Å². The van der Waals surface area contributed by atoms with Gasteiger partial charge in [0, 0.05) is 17.0 Å². The molecular formula is C8H16IN. The van der Waals surface area contributed by atoms with E-state index in [1.807, 2.05) is 0 Å². The van der Waals surface area contributed by atoms with Gasteiger partial charge in [-0.3, -0.25) is 4.90 Å². The van der Waals surface area contributed by atoms with Gasteiger partial charge in [0.2, 0.25) is 0 Å². The van der Waals surface area contributed by atoms with Gasteiger partial charge in [-0.05, 0) is 25.8 Å². The van der Waals surface area contributed by atoms with Crippen molar-refractivity contribution in [3.63, 3.8) is 0 Å². The summed E-state index contributed by atoms with van der Waals surface area (Å²) in [7, 11) is 0. The Bertz CT molecular complexity index is 105. The summed E-state index contributed by atoms with van der Waals surface area (Å²) in [6.45, 7) is 7.32. The van der Waals surface area contributed by atoms with Crippen LogP contribution in [-0.2, 0) is 0 Å². The molecule has 2 atom stereocenters. The Hall–Kier alpha value is 0.690. The Labute approximate surface area is 77.3 Å². The Morgan fingerprint density at radius 2 is 2.20 bits per heavy atom. The lowest BCUT2D eigenvalue weighted by Gasteiger charge is -2.44. The van der Waals surface area contributed by atoms with Gasteiger partial charge in [0.15, 0.2) is 0 Å². The highest BCUT2D eigenvalue weighted by atomic mass is 127. The summed E-state index contributed by atoms with van der Waals surface area (Å²) in [5.74, 6) is 0.939. The molecule has 0 N–H and O–H groups in total. The Balaban J connectivity index is 2.08. The molecule has 1 nitrogen and oxygen atoms in total. The summed E-state index contributed by atoms with van der Waals surface area (Å²) in [6.07, 6.45) is 1.36. The molecule has 60 valence electrons. The first-order valence-corrected chi connectivity index (χ1v) is 5.58. The Morgan fingerprint density at radius 1 is 1.50 bits per heavy atom. The van der Waals surface area contributed by atoms with Crippen LogP contribution in [0, 0.1) is 5.92 Å². The van der Waals surface area contributed by atoms with Crippen molar-refractivity contribution in [2.24, 2.45) is 5.92 Å². The van der Waals surface area contributed by atoms with Gasteiger partial charge >= 0.3 is 0 Å². The van der Waals surface area contributed by atoms with Crippen LogP contribution in [0.5, 0.6) is 0 Å². The van der Waals surface area contributed by atoms with Crippen LogP contribution >= 0.6 is 22.6 Å². The third-order valence-electron chi connectivity index (χ3n) is 2.50. The molecule has 0 radical (unpaired) electrons. The number of nitrogens with zero attached hydrogens (tertiary/aromatic N) is 1. The van der Waals surface area contributed by atoms with Gasteiger partial charge in [0.1, 0.15) is 0 Å². The summed E-state index contributed by atoms with van der Waals surface area (Å²) < 4.78 is 1.30. The minimum atomic E-state index is 0.850. The van der Waals surface area contributed by atoms with Crippen LogP contribution in [0.2, 0.25) is 0 Å². The summed E-state index contributed by atoms with van der Waals surface area (Å²) >= 11 is 2.45. The molecule has 1 rings (SSSR count). The number of hydrogen-bond acceptors (Lipinski definition) is 1. The minimum absolute atomic E-state index is 0.850. The zero-order valence-electron chi connectivity index (χ0n) is 6.81. The van der Waals surface area contributed by atoms with Crippen molar-refractivity contribution >= 4 is 22.6 Å². The molecule has 0 aromatic carbocycles. The van der Waals surface area contributed by atoms with E-state index in [2.05, 4.69) is 41.3 Å². The normalized spacial score (nSPS) is 33.9. The summed E-state index contributed by atoms with van der Waals surface area (Å²) in [4.78, 5) is 2.57. The van der Waals surface area contributed by atoms with Crippen molar-refractivity contribution in [2.45, 2.75) is 26.3 Å². The highest BCUT2D eigenvalue weighted by molar-refractivity contribution is 14.1. The topological polar surface area (TPSA) is 3.24 Å². The van der Waals surface area contributed by atoms with E-state index >= 15 is 0 Å². The Morgan fingerprint density at radius 3 is 2.60 bits per heavy atom. The lowest BCUT2D eigenvalue weighted by molar-refractivity contribution is 0.0393. The van der Waals surface area contributed by atoms with E-state index in [1.54, 1.807) is 0 Å². The predicted octanol–water partition coefficient (Wildman–Crippen LogP) is 2.15. The average Bonchev–Trinajstić information content (AvgIpc) is 1.97. The third kappa shape index (κ3) is 1.84. The largest absolute Gasteiger partial charge is 0.300 e. The molecule has 1 aliphatic rings. The van der Waals surface area contributed by atoms with Crippen molar-refractivity contribution < 1.29 is 0 Å². The maximum absolute atomic E-state index is 2.57. The molecule has 1 aliphatic heterocycles. The molecule has 0 aromatic heterocycles. The molecule has 0 bridgehead atoms. The van der Waals surface area contributed by atoms with E-state index in [0.29, 0.717) is 0 Å². The lowest BCUT2D eigenvalue weighted by Crippen LogP contribution is -2.53. The van der Waals surface area contributed by atoms with Crippen molar-refractivity contribution in [2.75, 3.05) is 17.5 Å². The van der Waals surface area contributed by atoms with E-state index in [1.165, 1.54) is 23.9 Å². The van der Waals surface area contributed by atoms with Crippen LogP contribution in [0.3, 0.4) is 0 Å². The van der Waals surface area contributed by atoms with E-state index < -0.39 is 0 Å². The van der Waals surface area contributed by atoms with Crippen LogP contribution in [-0.4, -0.2) is 28.5 Å². The molecular weight excluding hydrogens is 237 g/mol. The fourth-order valence-electron chi connectivity index (χ4n) is 1.47. The second-order valence-corrected chi connectivity index (χ2v) is 4.33. The zero-order valence-corrected chi connectivity index (χ0v) is 8.97.